The Bertz CT molecular complexity index is 469. The minimum Gasteiger partial charge on any atom is -0.480 e. The van der Waals surface area contributed by atoms with E-state index >= 15 is 0 Å². The van der Waals surface area contributed by atoms with Gasteiger partial charge in [0.1, 0.15) is 10.8 Å². The van der Waals surface area contributed by atoms with Crippen molar-refractivity contribution in [2.75, 3.05) is 12.8 Å². The van der Waals surface area contributed by atoms with Crippen molar-refractivity contribution < 1.29 is 23.1 Å². The van der Waals surface area contributed by atoms with Gasteiger partial charge in [-0.05, 0) is 26.7 Å². The van der Waals surface area contributed by atoms with E-state index in [1.54, 1.807) is 0 Å². The molecule has 1 aliphatic heterocycles. The van der Waals surface area contributed by atoms with Crippen LogP contribution in [-0.4, -0.2) is 53.9 Å². The average Bonchev–Trinajstić information content (AvgIpc) is 2.51. The van der Waals surface area contributed by atoms with E-state index in [1.807, 2.05) is 0 Å². The van der Waals surface area contributed by atoms with Crippen LogP contribution in [0.25, 0.3) is 0 Å². The van der Waals surface area contributed by atoms with Crippen LogP contribution < -0.4 is 0 Å². The summed E-state index contributed by atoms with van der Waals surface area (Å²) in [5.74, 6) is -1.69. The molecule has 1 aliphatic rings. The first kappa shape index (κ1) is 15.9. The highest BCUT2D eigenvalue weighted by Gasteiger charge is 2.44. The largest absolute Gasteiger partial charge is 0.480 e. The lowest BCUT2D eigenvalue weighted by Gasteiger charge is -2.33. The number of carbonyl (C=O) groups is 2. The Labute approximate surface area is 113 Å². The summed E-state index contributed by atoms with van der Waals surface area (Å²) in [5.41, 5.74) is 0. The van der Waals surface area contributed by atoms with E-state index in [-0.39, 0.29) is 0 Å². The molecule has 110 valence electrons. The SMILES string of the molecule is CC(C)(C(=O)N1CCCCCC1C(=O)O)S(C)(=O)=O. The number of likely N-dealkylation sites (tertiary alicyclic amines) is 1. The summed E-state index contributed by atoms with van der Waals surface area (Å²) in [7, 11) is -3.60. The van der Waals surface area contributed by atoms with Crippen LogP contribution in [0.15, 0.2) is 0 Å². The number of carboxylic acid groups (broad SMARTS) is 1. The van der Waals surface area contributed by atoms with Gasteiger partial charge in [-0.3, -0.25) is 4.79 Å². The van der Waals surface area contributed by atoms with Crippen molar-refractivity contribution in [2.45, 2.75) is 50.3 Å². The molecule has 1 fully saturated rings. The average molecular weight is 291 g/mol. The first-order chi connectivity index (χ1) is 8.59. The highest BCUT2D eigenvalue weighted by molar-refractivity contribution is 7.92. The van der Waals surface area contributed by atoms with Gasteiger partial charge < -0.3 is 10.0 Å². The topological polar surface area (TPSA) is 91.8 Å². The van der Waals surface area contributed by atoms with E-state index in [9.17, 15) is 23.1 Å². The Morgan fingerprint density at radius 3 is 2.26 bits per heavy atom. The summed E-state index contributed by atoms with van der Waals surface area (Å²) >= 11 is 0. The maximum Gasteiger partial charge on any atom is 0.326 e. The Kier molecular flexibility index (Phi) is 4.60. The Hall–Kier alpha value is -1.11. The molecular weight excluding hydrogens is 270 g/mol. The monoisotopic (exact) mass is 291 g/mol. The zero-order valence-electron chi connectivity index (χ0n) is 11.5. The first-order valence-electron chi connectivity index (χ1n) is 6.32. The van der Waals surface area contributed by atoms with Crippen LogP contribution in [0.5, 0.6) is 0 Å². The van der Waals surface area contributed by atoms with Gasteiger partial charge in [0.25, 0.3) is 0 Å². The highest BCUT2D eigenvalue weighted by Crippen LogP contribution is 2.24. The van der Waals surface area contributed by atoms with Gasteiger partial charge in [0.05, 0.1) is 0 Å². The van der Waals surface area contributed by atoms with Crippen molar-refractivity contribution >= 4 is 21.7 Å². The minimum absolute atomic E-state index is 0.300. The predicted octanol–water partition coefficient (Wildman–Crippen LogP) is 0.665. The molecule has 1 N–H and O–H groups in total. The molecular formula is C12H21NO5S. The third-order valence-electron chi connectivity index (χ3n) is 3.74. The van der Waals surface area contributed by atoms with Crippen LogP contribution in [0.2, 0.25) is 0 Å². The maximum absolute atomic E-state index is 12.4. The molecule has 1 unspecified atom stereocenters. The van der Waals surface area contributed by atoms with Gasteiger partial charge in [-0.15, -0.1) is 0 Å². The number of rotatable bonds is 3. The predicted molar refractivity (Wildman–Crippen MR) is 70.5 cm³/mol. The van der Waals surface area contributed by atoms with Crippen molar-refractivity contribution in [1.29, 1.82) is 0 Å². The van der Waals surface area contributed by atoms with E-state index in [0.717, 1.165) is 19.1 Å². The van der Waals surface area contributed by atoms with Gasteiger partial charge in [-0.2, -0.15) is 0 Å². The van der Waals surface area contributed by atoms with Crippen LogP contribution in [0.1, 0.15) is 39.5 Å². The number of aliphatic carboxylic acids is 1. The van der Waals surface area contributed by atoms with Crippen LogP contribution in [0.3, 0.4) is 0 Å². The molecule has 0 aromatic carbocycles. The molecule has 19 heavy (non-hydrogen) atoms. The molecule has 7 heteroatoms. The van der Waals surface area contributed by atoms with Crippen molar-refractivity contribution in [2.24, 2.45) is 0 Å². The summed E-state index contributed by atoms with van der Waals surface area (Å²) in [5, 5.41) is 9.21. The molecule has 1 heterocycles. The van der Waals surface area contributed by atoms with Crippen LogP contribution >= 0.6 is 0 Å². The van der Waals surface area contributed by atoms with Gasteiger partial charge in [0.2, 0.25) is 5.91 Å². The lowest BCUT2D eigenvalue weighted by molar-refractivity contribution is -0.151. The number of carboxylic acids is 1. The van der Waals surface area contributed by atoms with Crippen molar-refractivity contribution in [1.82, 2.24) is 4.90 Å². The fraction of sp³-hybridized carbons (Fsp3) is 0.833. The van der Waals surface area contributed by atoms with Crippen molar-refractivity contribution in [3.05, 3.63) is 0 Å². The summed E-state index contributed by atoms with van der Waals surface area (Å²) in [6, 6.07) is -0.920. The van der Waals surface area contributed by atoms with Gasteiger partial charge in [0.15, 0.2) is 9.84 Å². The molecule has 0 saturated carbocycles. The molecule has 0 aromatic heterocycles. The standard InChI is InChI=1S/C12H21NO5S/c1-12(2,19(3,17)18)11(16)13-8-6-4-5-7-9(13)10(14)15/h9H,4-8H2,1-3H3,(H,14,15). The molecule has 1 amide bonds. The van der Waals surface area contributed by atoms with Crippen molar-refractivity contribution in [3.8, 4) is 0 Å². The maximum atomic E-state index is 12.4. The minimum atomic E-state index is -3.60. The smallest absolute Gasteiger partial charge is 0.326 e. The third kappa shape index (κ3) is 3.26. The number of amides is 1. The summed E-state index contributed by atoms with van der Waals surface area (Å²) in [6.45, 7) is 2.96. The molecule has 0 radical (unpaired) electrons. The van der Waals surface area contributed by atoms with Gasteiger partial charge in [0, 0.05) is 12.8 Å². The molecule has 1 rings (SSSR count). The third-order valence-corrected chi connectivity index (χ3v) is 5.77. The van der Waals surface area contributed by atoms with E-state index in [1.165, 1.54) is 18.7 Å². The molecule has 0 bridgehead atoms. The van der Waals surface area contributed by atoms with Gasteiger partial charge in [-0.25, -0.2) is 13.2 Å². The molecule has 6 nitrogen and oxygen atoms in total. The zero-order chi connectivity index (χ0) is 14.8. The molecule has 1 saturated heterocycles. The van der Waals surface area contributed by atoms with E-state index < -0.39 is 32.5 Å². The lowest BCUT2D eigenvalue weighted by atomic mass is 10.1. The molecule has 1 atom stereocenters. The number of hydrogen-bond donors (Lipinski definition) is 1. The zero-order valence-corrected chi connectivity index (χ0v) is 12.4. The molecule has 0 spiro atoms. The quantitative estimate of drug-likeness (QED) is 0.825. The van der Waals surface area contributed by atoms with Crippen LogP contribution in [0, 0.1) is 0 Å². The fourth-order valence-corrected chi connectivity index (χ4v) is 2.55. The highest BCUT2D eigenvalue weighted by atomic mass is 32.2. The normalized spacial score (nSPS) is 21.8. The van der Waals surface area contributed by atoms with E-state index in [0.29, 0.717) is 19.4 Å². The van der Waals surface area contributed by atoms with Crippen LogP contribution in [0.4, 0.5) is 0 Å². The Morgan fingerprint density at radius 2 is 1.79 bits per heavy atom. The number of hydrogen-bond acceptors (Lipinski definition) is 4. The number of carbonyl (C=O) groups excluding carboxylic acids is 1. The van der Waals surface area contributed by atoms with E-state index in [4.69, 9.17) is 0 Å². The second kappa shape index (κ2) is 5.48. The Morgan fingerprint density at radius 1 is 1.21 bits per heavy atom. The second-order valence-electron chi connectivity index (χ2n) is 5.48. The van der Waals surface area contributed by atoms with Gasteiger partial charge >= 0.3 is 5.97 Å². The van der Waals surface area contributed by atoms with E-state index in [2.05, 4.69) is 0 Å². The Balaban J connectivity index is 3.10. The first-order valence-corrected chi connectivity index (χ1v) is 8.21. The van der Waals surface area contributed by atoms with Crippen LogP contribution in [-0.2, 0) is 19.4 Å². The van der Waals surface area contributed by atoms with Crippen molar-refractivity contribution in [3.63, 3.8) is 0 Å². The summed E-state index contributed by atoms with van der Waals surface area (Å²) in [4.78, 5) is 24.9. The fourth-order valence-electron chi connectivity index (χ4n) is 2.11. The number of sulfone groups is 1. The molecule has 0 aromatic rings. The van der Waals surface area contributed by atoms with Gasteiger partial charge in [-0.1, -0.05) is 12.8 Å². The lowest BCUT2D eigenvalue weighted by Crippen LogP contribution is -2.55. The number of nitrogens with zero attached hydrogens (tertiary/aromatic N) is 1. The molecule has 0 aliphatic carbocycles. The second-order valence-corrected chi connectivity index (χ2v) is 8.05. The summed E-state index contributed by atoms with van der Waals surface area (Å²) in [6.07, 6.45) is 3.67. The summed E-state index contributed by atoms with van der Waals surface area (Å²) < 4.78 is 21.8.